The van der Waals surface area contributed by atoms with Gasteiger partial charge in [-0.3, -0.25) is 0 Å². The summed E-state index contributed by atoms with van der Waals surface area (Å²) in [4.78, 5) is 20.8. The number of carbonyl (C=O) groups is 1. The Morgan fingerprint density at radius 3 is 2.81 bits per heavy atom. The topological polar surface area (TPSA) is 57.7 Å². The molecule has 1 atom stereocenters. The maximum atomic E-state index is 12.2. The highest BCUT2D eigenvalue weighted by atomic mass is 16.5. The summed E-state index contributed by atoms with van der Waals surface area (Å²) >= 11 is 0. The van der Waals surface area contributed by atoms with Crippen LogP contribution in [0.25, 0.3) is 0 Å². The van der Waals surface area contributed by atoms with Gasteiger partial charge in [-0.2, -0.15) is 0 Å². The molecule has 3 heterocycles. The maximum Gasteiger partial charge on any atom is 0.322 e. The largest absolute Gasteiger partial charge is 0.377 e. The smallest absolute Gasteiger partial charge is 0.322 e. The number of hydrogen-bond donors (Lipinski definition) is 1. The molecule has 0 aliphatic carbocycles. The summed E-state index contributed by atoms with van der Waals surface area (Å²) < 4.78 is 5.35. The Kier molecular flexibility index (Phi) is 4.24. The Bertz CT molecular complexity index is 485. The second kappa shape index (κ2) is 6.30. The van der Waals surface area contributed by atoms with Crippen LogP contribution in [0.2, 0.25) is 0 Å². The second-order valence-corrected chi connectivity index (χ2v) is 5.65. The van der Waals surface area contributed by atoms with E-state index in [-0.39, 0.29) is 12.1 Å². The molecule has 0 spiro atoms. The van der Waals surface area contributed by atoms with Gasteiger partial charge in [0.05, 0.1) is 31.1 Å². The SMILES string of the molecule is CC1COCCN1C(=O)Nc1ccc(N2CCCC2)nc1. The third-order valence-corrected chi connectivity index (χ3v) is 4.06. The predicted octanol–water partition coefficient (Wildman–Crippen LogP) is 1.93. The van der Waals surface area contributed by atoms with Gasteiger partial charge in [-0.1, -0.05) is 0 Å². The normalized spacial score (nSPS) is 22.4. The van der Waals surface area contributed by atoms with E-state index in [1.807, 2.05) is 19.1 Å². The number of urea groups is 1. The zero-order valence-electron chi connectivity index (χ0n) is 12.4. The number of ether oxygens (including phenoxy) is 1. The summed E-state index contributed by atoms with van der Waals surface area (Å²) in [5.74, 6) is 0.991. The molecule has 0 saturated carbocycles. The van der Waals surface area contributed by atoms with E-state index < -0.39 is 0 Å². The fourth-order valence-corrected chi connectivity index (χ4v) is 2.82. The van der Waals surface area contributed by atoms with E-state index in [1.165, 1.54) is 12.8 Å². The standard InChI is InChI=1S/C15H22N4O2/c1-12-11-21-9-8-19(12)15(20)17-13-4-5-14(16-10-13)18-6-2-3-7-18/h4-5,10,12H,2-3,6-9,11H2,1H3,(H,17,20). The number of anilines is 2. The van der Waals surface area contributed by atoms with Gasteiger partial charge in [-0.05, 0) is 31.9 Å². The van der Waals surface area contributed by atoms with Crippen molar-refractivity contribution in [3.8, 4) is 0 Å². The number of pyridine rings is 1. The number of morpholine rings is 1. The molecule has 2 amide bonds. The van der Waals surface area contributed by atoms with Crippen LogP contribution < -0.4 is 10.2 Å². The molecule has 0 aromatic carbocycles. The minimum absolute atomic E-state index is 0.0819. The quantitative estimate of drug-likeness (QED) is 0.904. The van der Waals surface area contributed by atoms with Crippen LogP contribution in [-0.2, 0) is 4.74 Å². The van der Waals surface area contributed by atoms with Crippen molar-refractivity contribution in [3.63, 3.8) is 0 Å². The molecule has 1 aromatic heterocycles. The van der Waals surface area contributed by atoms with Gasteiger partial charge in [-0.15, -0.1) is 0 Å². The van der Waals surface area contributed by atoms with Crippen LogP contribution in [0.3, 0.4) is 0 Å². The first-order valence-corrected chi connectivity index (χ1v) is 7.60. The van der Waals surface area contributed by atoms with Crippen molar-refractivity contribution in [2.45, 2.75) is 25.8 Å². The Morgan fingerprint density at radius 2 is 2.14 bits per heavy atom. The summed E-state index contributed by atoms with van der Waals surface area (Å²) in [7, 11) is 0. The van der Waals surface area contributed by atoms with Crippen LogP contribution in [0.1, 0.15) is 19.8 Å². The summed E-state index contributed by atoms with van der Waals surface area (Å²) in [6.07, 6.45) is 4.20. The van der Waals surface area contributed by atoms with Crippen molar-refractivity contribution in [1.82, 2.24) is 9.88 Å². The molecule has 1 aromatic rings. The Morgan fingerprint density at radius 1 is 1.33 bits per heavy atom. The predicted molar refractivity (Wildman–Crippen MR) is 81.7 cm³/mol. The first-order valence-electron chi connectivity index (χ1n) is 7.60. The van der Waals surface area contributed by atoms with Crippen molar-refractivity contribution < 1.29 is 9.53 Å². The van der Waals surface area contributed by atoms with Gasteiger partial charge in [0.1, 0.15) is 5.82 Å². The molecule has 2 aliphatic rings. The number of amides is 2. The van der Waals surface area contributed by atoms with Gasteiger partial charge in [0, 0.05) is 19.6 Å². The first-order chi connectivity index (χ1) is 10.2. The highest BCUT2D eigenvalue weighted by Gasteiger charge is 2.23. The van der Waals surface area contributed by atoms with Crippen LogP contribution in [0, 0.1) is 0 Å². The lowest BCUT2D eigenvalue weighted by molar-refractivity contribution is 0.0222. The lowest BCUT2D eigenvalue weighted by atomic mass is 10.3. The maximum absolute atomic E-state index is 12.2. The molecule has 3 rings (SSSR count). The molecular weight excluding hydrogens is 268 g/mol. The summed E-state index contributed by atoms with van der Waals surface area (Å²) in [5, 5.41) is 2.91. The Labute approximate surface area is 125 Å². The van der Waals surface area contributed by atoms with E-state index in [2.05, 4.69) is 15.2 Å². The number of carbonyl (C=O) groups excluding carboxylic acids is 1. The molecule has 0 radical (unpaired) electrons. The number of rotatable bonds is 2. The molecule has 6 nitrogen and oxygen atoms in total. The van der Waals surface area contributed by atoms with Crippen LogP contribution in [0.15, 0.2) is 18.3 Å². The molecule has 2 aliphatic heterocycles. The van der Waals surface area contributed by atoms with Gasteiger partial charge in [0.25, 0.3) is 0 Å². The van der Waals surface area contributed by atoms with Crippen molar-refractivity contribution in [2.24, 2.45) is 0 Å². The molecule has 114 valence electrons. The van der Waals surface area contributed by atoms with E-state index in [0.717, 1.165) is 24.6 Å². The van der Waals surface area contributed by atoms with E-state index >= 15 is 0 Å². The third-order valence-electron chi connectivity index (χ3n) is 4.06. The molecule has 6 heteroatoms. The van der Waals surface area contributed by atoms with Crippen LogP contribution in [0.4, 0.5) is 16.3 Å². The number of nitrogens with zero attached hydrogens (tertiary/aromatic N) is 3. The fraction of sp³-hybridized carbons (Fsp3) is 0.600. The van der Waals surface area contributed by atoms with Gasteiger partial charge < -0.3 is 19.9 Å². The van der Waals surface area contributed by atoms with Crippen LogP contribution >= 0.6 is 0 Å². The molecule has 0 bridgehead atoms. The van der Waals surface area contributed by atoms with E-state index in [9.17, 15) is 4.79 Å². The van der Waals surface area contributed by atoms with Gasteiger partial charge in [0.15, 0.2) is 0 Å². The van der Waals surface area contributed by atoms with Gasteiger partial charge in [-0.25, -0.2) is 9.78 Å². The lowest BCUT2D eigenvalue weighted by Gasteiger charge is -2.33. The average Bonchev–Trinajstić information content (AvgIpc) is 3.02. The van der Waals surface area contributed by atoms with E-state index in [1.54, 1.807) is 11.1 Å². The second-order valence-electron chi connectivity index (χ2n) is 5.65. The van der Waals surface area contributed by atoms with Gasteiger partial charge in [0.2, 0.25) is 0 Å². The zero-order valence-corrected chi connectivity index (χ0v) is 12.4. The molecule has 2 saturated heterocycles. The minimum Gasteiger partial charge on any atom is -0.377 e. The molecule has 1 N–H and O–H groups in total. The van der Waals surface area contributed by atoms with Gasteiger partial charge >= 0.3 is 6.03 Å². The number of aromatic nitrogens is 1. The van der Waals surface area contributed by atoms with Crippen molar-refractivity contribution in [2.75, 3.05) is 43.1 Å². The number of nitrogens with one attached hydrogen (secondary N) is 1. The fourth-order valence-electron chi connectivity index (χ4n) is 2.82. The average molecular weight is 290 g/mol. The molecule has 1 unspecified atom stereocenters. The Balaban J connectivity index is 1.60. The lowest BCUT2D eigenvalue weighted by Crippen LogP contribution is -2.48. The zero-order chi connectivity index (χ0) is 14.7. The van der Waals surface area contributed by atoms with Crippen molar-refractivity contribution in [3.05, 3.63) is 18.3 Å². The first kappa shape index (κ1) is 14.1. The highest BCUT2D eigenvalue weighted by Crippen LogP contribution is 2.19. The minimum atomic E-state index is -0.0819. The summed E-state index contributed by atoms with van der Waals surface area (Å²) in [6.45, 7) is 5.97. The molecular formula is C15H22N4O2. The monoisotopic (exact) mass is 290 g/mol. The summed E-state index contributed by atoms with van der Waals surface area (Å²) in [5.41, 5.74) is 0.738. The molecule has 2 fully saturated rings. The Hall–Kier alpha value is -1.82. The van der Waals surface area contributed by atoms with E-state index in [0.29, 0.717) is 19.8 Å². The molecule has 21 heavy (non-hydrogen) atoms. The van der Waals surface area contributed by atoms with Crippen LogP contribution in [0.5, 0.6) is 0 Å². The van der Waals surface area contributed by atoms with Crippen LogP contribution in [-0.4, -0.2) is 54.8 Å². The van der Waals surface area contributed by atoms with Crippen molar-refractivity contribution in [1.29, 1.82) is 0 Å². The highest BCUT2D eigenvalue weighted by molar-refractivity contribution is 5.89. The number of hydrogen-bond acceptors (Lipinski definition) is 4. The van der Waals surface area contributed by atoms with E-state index in [4.69, 9.17) is 4.74 Å². The van der Waals surface area contributed by atoms with Crippen molar-refractivity contribution >= 4 is 17.5 Å². The summed E-state index contributed by atoms with van der Waals surface area (Å²) in [6, 6.07) is 3.92. The third kappa shape index (κ3) is 3.26.